The monoisotopic (exact) mass is 308 g/mol. The Morgan fingerprint density at radius 3 is 2.83 bits per heavy atom. The van der Waals surface area contributed by atoms with E-state index < -0.39 is 5.91 Å². The van der Waals surface area contributed by atoms with Crippen LogP contribution in [-0.4, -0.2) is 17.5 Å². The average Bonchev–Trinajstić information content (AvgIpc) is 2.26. The van der Waals surface area contributed by atoms with Crippen molar-refractivity contribution < 1.29 is 9.53 Å². The number of aryl methyl sites for hydroxylation is 2. The van der Waals surface area contributed by atoms with Crippen molar-refractivity contribution in [3.05, 3.63) is 33.9 Å². The van der Waals surface area contributed by atoms with Gasteiger partial charge in [0.1, 0.15) is 11.3 Å². The van der Waals surface area contributed by atoms with Gasteiger partial charge in [-0.3, -0.25) is 4.79 Å². The topological polar surface area (TPSA) is 65.2 Å². The molecular weight excluding hydrogens is 296 g/mol. The van der Waals surface area contributed by atoms with Gasteiger partial charge < -0.3 is 10.5 Å². The van der Waals surface area contributed by atoms with E-state index in [0.29, 0.717) is 5.75 Å². The standard InChI is InChI=1S/C13H13BrN2O2/c1-7-5-8(2)16-13-10(18-6-11(15)17)4-3-9(14)12(7)13/h3-5H,6H2,1-2H3,(H2,15,17). The first-order chi connectivity index (χ1) is 8.49. The first-order valence-electron chi connectivity index (χ1n) is 5.46. The third-order valence-corrected chi connectivity index (χ3v) is 3.23. The number of primary amides is 1. The minimum absolute atomic E-state index is 0.147. The summed E-state index contributed by atoms with van der Waals surface area (Å²) >= 11 is 3.50. The summed E-state index contributed by atoms with van der Waals surface area (Å²) in [5.74, 6) is 0.0641. The zero-order valence-corrected chi connectivity index (χ0v) is 11.7. The molecule has 0 aliphatic carbocycles. The fourth-order valence-corrected chi connectivity index (χ4v) is 2.53. The van der Waals surface area contributed by atoms with Crippen molar-refractivity contribution in [1.29, 1.82) is 0 Å². The molecule has 94 valence electrons. The van der Waals surface area contributed by atoms with Crippen molar-refractivity contribution in [2.45, 2.75) is 13.8 Å². The Kier molecular flexibility index (Phi) is 3.52. The molecule has 0 spiro atoms. The molecule has 4 nitrogen and oxygen atoms in total. The van der Waals surface area contributed by atoms with E-state index in [1.165, 1.54) is 0 Å². The van der Waals surface area contributed by atoms with E-state index in [4.69, 9.17) is 10.5 Å². The molecule has 0 unspecified atom stereocenters. The predicted octanol–water partition coefficient (Wildman–Crippen LogP) is 2.48. The summed E-state index contributed by atoms with van der Waals surface area (Å²) in [7, 11) is 0. The van der Waals surface area contributed by atoms with Gasteiger partial charge in [0.15, 0.2) is 6.61 Å². The highest BCUT2D eigenvalue weighted by molar-refractivity contribution is 9.10. The van der Waals surface area contributed by atoms with Crippen molar-refractivity contribution in [2.75, 3.05) is 6.61 Å². The number of amides is 1. The van der Waals surface area contributed by atoms with Crippen LogP contribution in [0.2, 0.25) is 0 Å². The molecule has 0 bridgehead atoms. The number of carbonyl (C=O) groups excluding carboxylic acids is 1. The van der Waals surface area contributed by atoms with Gasteiger partial charge in [-0.25, -0.2) is 4.98 Å². The highest BCUT2D eigenvalue weighted by Crippen LogP contribution is 2.32. The third-order valence-electron chi connectivity index (χ3n) is 2.57. The van der Waals surface area contributed by atoms with Crippen LogP contribution in [0.1, 0.15) is 11.3 Å². The highest BCUT2D eigenvalue weighted by Gasteiger charge is 2.11. The van der Waals surface area contributed by atoms with Crippen LogP contribution in [0.15, 0.2) is 22.7 Å². The maximum absolute atomic E-state index is 10.8. The smallest absolute Gasteiger partial charge is 0.255 e. The number of fused-ring (bicyclic) bond motifs is 1. The van der Waals surface area contributed by atoms with Crippen LogP contribution in [0.5, 0.6) is 5.75 Å². The fourth-order valence-electron chi connectivity index (χ4n) is 1.89. The number of hydrogen-bond donors (Lipinski definition) is 1. The number of aromatic nitrogens is 1. The molecule has 0 atom stereocenters. The summed E-state index contributed by atoms with van der Waals surface area (Å²) in [6.07, 6.45) is 0. The Labute approximate surface area is 113 Å². The van der Waals surface area contributed by atoms with Crippen molar-refractivity contribution in [2.24, 2.45) is 5.73 Å². The SMILES string of the molecule is Cc1cc(C)c2c(Br)ccc(OCC(N)=O)c2n1. The second kappa shape index (κ2) is 4.94. The molecule has 1 heterocycles. The van der Waals surface area contributed by atoms with Gasteiger partial charge in [-0.2, -0.15) is 0 Å². The summed E-state index contributed by atoms with van der Waals surface area (Å²) in [6, 6.07) is 5.66. The minimum Gasteiger partial charge on any atom is -0.481 e. The van der Waals surface area contributed by atoms with Gasteiger partial charge in [0, 0.05) is 15.6 Å². The maximum Gasteiger partial charge on any atom is 0.255 e. The van der Waals surface area contributed by atoms with Crippen molar-refractivity contribution in [1.82, 2.24) is 4.98 Å². The van der Waals surface area contributed by atoms with E-state index >= 15 is 0 Å². The number of ether oxygens (including phenoxy) is 1. The third kappa shape index (κ3) is 2.46. The molecule has 18 heavy (non-hydrogen) atoms. The Morgan fingerprint density at radius 1 is 1.44 bits per heavy atom. The number of nitrogens with zero attached hydrogens (tertiary/aromatic N) is 1. The number of hydrogen-bond acceptors (Lipinski definition) is 3. The first kappa shape index (κ1) is 12.8. The zero-order valence-electron chi connectivity index (χ0n) is 10.2. The molecule has 0 aliphatic rings. The van der Waals surface area contributed by atoms with E-state index in [2.05, 4.69) is 20.9 Å². The van der Waals surface area contributed by atoms with Crippen LogP contribution in [0.25, 0.3) is 10.9 Å². The first-order valence-corrected chi connectivity index (χ1v) is 6.26. The number of nitrogens with two attached hydrogens (primary N) is 1. The quantitative estimate of drug-likeness (QED) is 0.947. The summed E-state index contributed by atoms with van der Waals surface area (Å²) in [5, 5.41) is 0.988. The van der Waals surface area contributed by atoms with Gasteiger partial charge in [-0.15, -0.1) is 0 Å². The molecule has 0 saturated carbocycles. The average molecular weight is 309 g/mol. The second-order valence-electron chi connectivity index (χ2n) is 4.10. The molecule has 0 radical (unpaired) electrons. The van der Waals surface area contributed by atoms with E-state index in [1.54, 1.807) is 6.07 Å². The van der Waals surface area contributed by atoms with E-state index in [1.807, 2.05) is 26.0 Å². The van der Waals surface area contributed by atoms with Crippen LogP contribution < -0.4 is 10.5 Å². The van der Waals surface area contributed by atoms with Crippen LogP contribution in [0.3, 0.4) is 0 Å². The molecule has 1 aromatic heterocycles. The molecule has 0 saturated heterocycles. The molecule has 2 aromatic rings. The van der Waals surface area contributed by atoms with Gasteiger partial charge in [0.05, 0.1) is 0 Å². The van der Waals surface area contributed by atoms with E-state index in [9.17, 15) is 4.79 Å². The van der Waals surface area contributed by atoms with Crippen LogP contribution in [0.4, 0.5) is 0 Å². The maximum atomic E-state index is 10.8. The lowest BCUT2D eigenvalue weighted by atomic mass is 10.1. The molecule has 2 rings (SSSR count). The molecule has 1 amide bonds. The summed E-state index contributed by atoms with van der Waals surface area (Å²) < 4.78 is 6.34. The van der Waals surface area contributed by atoms with Crippen LogP contribution in [0, 0.1) is 13.8 Å². The number of carbonyl (C=O) groups is 1. The Morgan fingerprint density at radius 2 is 2.17 bits per heavy atom. The summed E-state index contributed by atoms with van der Waals surface area (Å²) in [4.78, 5) is 15.2. The lowest BCUT2D eigenvalue weighted by Crippen LogP contribution is -2.20. The molecular formula is C13H13BrN2O2. The van der Waals surface area contributed by atoms with Gasteiger partial charge in [0.2, 0.25) is 0 Å². The molecule has 5 heteroatoms. The van der Waals surface area contributed by atoms with E-state index in [-0.39, 0.29) is 6.61 Å². The Balaban J connectivity index is 2.61. The summed E-state index contributed by atoms with van der Waals surface area (Å²) in [5.41, 5.74) is 7.83. The van der Waals surface area contributed by atoms with Gasteiger partial charge in [-0.1, -0.05) is 15.9 Å². The Hall–Kier alpha value is -1.62. The molecule has 2 N–H and O–H groups in total. The summed E-state index contributed by atoms with van der Waals surface area (Å²) in [6.45, 7) is 3.79. The van der Waals surface area contributed by atoms with Gasteiger partial charge in [-0.05, 0) is 37.6 Å². The van der Waals surface area contributed by atoms with Crippen LogP contribution in [-0.2, 0) is 4.79 Å². The number of pyridine rings is 1. The van der Waals surface area contributed by atoms with Gasteiger partial charge in [0.25, 0.3) is 5.91 Å². The van der Waals surface area contributed by atoms with Crippen molar-refractivity contribution in [3.63, 3.8) is 0 Å². The lowest BCUT2D eigenvalue weighted by Gasteiger charge is -2.11. The second-order valence-corrected chi connectivity index (χ2v) is 4.96. The van der Waals surface area contributed by atoms with Crippen LogP contribution >= 0.6 is 15.9 Å². The highest BCUT2D eigenvalue weighted by atomic mass is 79.9. The zero-order chi connectivity index (χ0) is 13.3. The largest absolute Gasteiger partial charge is 0.481 e. The normalized spacial score (nSPS) is 10.6. The lowest BCUT2D eigenvalue weighted by molar-refractivity contribution is -0.119. The minimum atomic E-state index is -0.504. The molecule has 1 aromatic carbocycles. The molecule has 0 aliphatic heterocycles. The van der Waals surface area contributed by atoms with Crippen molar-refractivity contribution >= 4 is 32.7 Å². The predicted molar refractivity (Wildman–Crippen MR) is 73.6 cm³/mol. The molecule has 0 fully saturated rings. The Bertz CT molecular complexity index is 626. The number of halogens is 1. The number of benzene rings is 1. The van der Waals surface area contributed by atoms with Gasteiger partial charge >= 0.3 is 0 Å². The number of rotatable bonds is 3. The van der Waals surface area contributed by atoms with Crippen molar-refractivity contribution in [3.8, 4) is 5.75 Å². The van der Waals surface area contributed by atoms with E-state index in [0.717, 1.165) is 26.6 Å². The fraction of sp³-hybridized carbons (Fsp3) is 0.231.